The number of rotatable bonds is 3. The van der Waals surface area contributed by atoms with Gasteiger partial charge in [-0.2, -0.15) is 0 Å². The number of hydrogen-bond donors (Lipinski definition) is 1. The monoisotopic (exact) mass is 546 g/mol. The second-order valence-electron chi connectivity index (χ2n) is 11.6. The van der Waals surface area contributed by atoms with Gasteiger partial charge in [0.15, 0.2) is 11.5 Å². The number of amides is 2. The van der Waals surface area contributed by atoms with Crippen LogP contribution in [-0.2, 0) is 4.74 Å². The van der Waals surface area contributed by atoms with Gasteiger partial charge in [0, 0.05) is 48.3 Å². The molecule has 2 amide bonds. The van der Waals surface area contributed by atoms with E-state index in [1.54, 1.807) is 34.7 Å². The molecule has 0 bridgehead atoms. The van der Waals surface area contributed by atoms with E-state index in [9.17, 15) is 14.0 Å². The molecule has 210 valence electrons. The number of pyridine rings is 2. The summed E-state index contributed by atoms with van der Waals surface area (Å²) in [6.45, 7) is 14.5. The Labute approximate surface area is 233 Å². The third-order valence-corrected chi connectivity index (χ3v) is 6.97. The van der Waals surface area contributed by atoms with E-state index in [1.807, 2.05) is 59.7 Å². The number of halogens is 1. The molecule has 1 aliphatic heterocycles. The Balaban J connectivity index is 1.44. The summed E-state index contributed by atoms with van der Waals surface area (Å²) < 4.78 is 21.8. The van der Waals surface area contributed by atoms with Crippen LogP contribution in [0.25, 0.3) is 16.6 Å². The molecule has 4 heterocycles. The van der Waals surface area contributed by atoms with Crippen LogP contribution in [0.15, 0.2) is 42.7 Å². The van der Waals surface area contributed by atoms with E-state index in [0.717, 1.165) is 16.8 Å². The Hall–Kier alpha value is -4.21. The zero-order valence-electron chi connectivity index (χ0n) is 23.9. The number of aryl methyl sites for hydroxylation is 2. The van der Waals surface area contributed by atoms with Crippen LogP contribution in [-0.4, -0.2) is 62.0 Å². The van der Waals surface area contributed by atoms with Gasteiger partial charge in [-0.15, -0.1) is 0 Å². The molecular formula is C30H35FN6O3. The van der Waals surface area contributed by atoms with E-state index < -0.39 is 11.4 Å². The topological polar surface area (TPSA) is 92.1 Å². The number of nitrogens with zero attached hydrogens (tertiary/aromatic N) is 5. The van der Waals surface area contributed by atoms with Crippen LogP contribution in [0.2, 0.25) is 0 Å². The maximum absolute atomic E-state index is 14.6. The van der Waals surface area contributed by atoms with Gasteiger partial charge in [0.1, 0.15) is 5.60 Å². The van der Waals surface area contributed by atoms with Crippen molar-refractivity contribution >= 4 is 39.9 Å². The fourth-order valence-electron chi connectivity index (χ4n) is 5.40. The number of imidazole rings is 1. The lowest BCUT2D eigenvalue weighted by molar-refractivity contribution is 0.00567. The number of benzene rings is 1. The second kappa shape index (κ2) is 10.1. The minimum atomic E-state index is -0.570. The number of carbonyl (C=O) groups excluding carboxylic acids is 2. The van der Waals surface area contributed by atoms with Crippen molar-refractivity contribution < 1.29 is 18.7 Å². The smallest absolute Gasteiger partial charge is 0.410 e. The molecule has 1 fully saturated rings. The van der Waals surface area contributed by atoms with E-state index in [0.29, 0.717) is 35.6 Å². The highest BCUT2D eigenvalue weighted by Crippen LogP contribution is 2.32. The molecule has 2 atom stereocenters. The van der Waals surface area contributed by atoms with Crippen molar-refractivity contribution in [2.45, 2.75) is 66.2 Å². The summed E-state index contributed by atoms with van der Waals surface area (Å²) in [7, 11) is 0. The SMILES string of the molecule is Cc1ccc2c(N3CC(C)N(C(=O)OC(C)(C)C)C(C)C3)ccc(C(=O)Nc3cc(F)c4nc(C)cn4c3)c2n1. The normalized spacial score (nSPS) is 17.9. The first-order chi connectivity index (χ1) is 18.8. The Kier molecular flexibility index (Phi) is 6.89. The zero-order valence-corrected chi connectivity index (χ0v) is 23.9. The number of carbonyl (C=O) groups is 2. The van der Waals surface area contributed by atoms with Crippen molar-refractivity contribution in [3.05, 3.63) is 65.5 Å². The molecule has 0 spiro atoms. The summed E-state index contributed by atoms with van der Waals surface area (Å²) in [6, 6.07) is 8.65. The lowest BCUT2D eigenvalue weighted by Crippen LogP contribution is -2.59. The van der Waals surface area contributed by atoms with Gasteiger partial charge in [-0.3, -0.25) is 14.7 Å². The van der Waals surface area contributed by atoms with Crippen molar-refractivity contribution in [1.82, 2.24) is 19.3 Å². The highest BCUT2D eigenvalue weighted by Gasteiger charge is 2.36. The first-order valence-corrected chi connectivity index (χ1v) is 13.4. The lowest BCUT2D eigenvalue weighted by Gasteiger charge is -2.45. The standard InChI is InChI=1S/C30H35FN6O3/c1-17-8-9-22-25(35-14-19(3)37(20(4)15-35)29(39)40-30(5,6)7)11-10-23(26(22)32-17)28(38)34-21-12-24(31)27-33-18(2)13-36(27)16-21/h8-13,16,19-20H,14-15H2,1-7H3,(H,34,38). The number of anilines is 2. The first-order valence-electron chi connectivity index (χ1n) is 13.4. The zero-order chi connectivity index (χ0) is 28.9. The van der Waals surface area contributed by atoms with Crippen LogP contribution in [0.4, 0.5) is 20.6 Å². The average Bonchev–Trinajstić information content (AvgIpc) is 3.22. The highest BCUT2D eigenvalue weighted by atomic mass is 19.1. The highest BCUT2D eigenvalue weighted by molar-refractivity contribution is 6.14. The fourth-order valence-corrected chi connectivity index (χ4v) is 5.40. The quantitative estimate of drug-likeness (QED) is 0.353. The van der Waals surface area contributed by atoms with E-state index in [2.05, 4.69) is 15.2 Å². The van der Waals surface area contributed by atoms with Gasteiger partial charge >= 0.3 is 6.09 Å². The number of fused-ring (bicyclic) bond motifs is 2. The maximum atomic E-state index is 14.6. The van der Waals surface area contributed by atoms with Gasteiger partial charge in [0.25, 0.3) is 5.91 Å². The molecule has 1 aliphatic rings. The number of nitrogens with one attached hydrogen (secondary N) is 1. The van der Waals surface area contributed by atoms with Crippen molar-refractivity contribution in [3.63, 3.8) is 0 Å². The summed E-state index contributed by atoms with van der Waals surface area (Å²) in [4.78, 5) is 39.3. The Bertz CT molecular complexity index is 1610. The maximum Gasteiger partial charge on any atom is 0.410 e. The first kappa shape index (κ1) is 27.4. The Morgan fingerprint density at radius 1 is 1.00 bits per heavy atom. The summed E-state index contributed by atoms with van der Waals surface area (Å²) >= 11 is 0. The predicted octanol–water partition coefficient (Wildman–Crippen LogP) is 5.72. The lowest BCUT2D eigenvalue weighted by atomic mass is 10.0. The molecule has 0 radical (unpaired) electrons. The molecule has 10 heteroatoms. The van der Waals surface area contributed by atoms with Gasteiger partial charge in [0.2, 0.25) is 0 Å². The van der Waals surface area contributed by atoms with Crippen LogP contribution >= 0.6 is 0 Å². The van der Waals surface area contributed by atoms with Gasteiger partial charge in [0.05, 0.1) is 34.5 Å². The molecule has 1 saturated heterocycles. The summed E-state index contributed by atoms with van der Waals surface area (Å²) in [5, 5.41) is 3.65. The van der Waals surface area contributed by atoms with Crippen molar-refractivity contribution in [2.75, 3.05) is 23.3 Å². The van der Waals surface area contributed by atoms with Crippen LogP contribution < -0.4 is 10.2 Å². The van der Waals surface area contributed by atoms with E-state index in [-0.39, 0.29) is 29.7 Å². The summed E-state index contributed by atoms with van der Waals surface area (Å²) in [6.07, 6.45) is 3.02. The van der Waals surface area contributed by atoms with Crippen molar-refractivity contribution in [2.24, 2.45) is 0 Å². The number of hydrogen-bond acceptors (Lipinski definition) is 6. The van der Waals surface area contributed by atoms with Crippen LogP contribution in [0, 0.1) is 19.7 Å². The molecule has 0 saturated carbocycles. The second-order valence-corrected chi connectivity index (χ2v) is 11.6. The van der Waals surface area contributed by atoms with Gasteiger partial charge < -0.3 is 19.4 Å². The fraction of sp³-hybridized carbons (Fsp3) is 0.400. The molecular weight excluding hydrogens is 511 g/mol. The Morgan fingerprint density at radius 2 is 1.70 bits per heavy atom. The van der Waals surface area contributed by atoms with E-state index in [1.165, 1.54) is 6.07 Å². The van der Waals surface area contributed by atoms with Gasteiger partial charge in [-0.25, -0.2) is 14.2 Å². The van der Waals surface area contributed by atoms with Crippen molar-refractivity contribution in [1.29, 1.82) is 0 Å². The largest absolute Gasteiger partial charge is 0.444 e. The molecule has 1 aromatic carbocycles. The number of aromatic nitrogens is 3. The summed E-state index contributed by atoms with van der Waals surface area (Å²) in [5.41, 5.74) is 3.29. The minimum absolute atomic E-state index is 0.0911. The number of piperazine rings is 1. The van der Waals surface area contributed by atoms with Gasteiger partial charge in [-0.1, -0.05) is 0 Å². The minimum Gasteiger partial charge on any atom is -0.444 e. The third-order valence-electron chi connectivity index (χ3n) is 6.97. The molecule has 4 aromatic rings. The average molecular weight is 547 g/mol. The molecule has 2 unspecified atom stereocenters. The number of ether oxygens (including phenoxy) is 1. The molecule has 0 aliphatic carbocycles. The van der Waals surface area contributed by atoms with E-state index >= 15 is 0 Å². The molecule has 3 aromatic heterocycles. The molecule has 40 heavy (non-hydrogen) atoms. The van der Waals surface area contributed by atoms with Crippen molar-refractivity contribution in [3.8, 4) is 0 Å². The van der Waals surface area contributed by atoms with Crippen LogP contribution in [0.3, 0.4) is 0 Å². The van der Waals surface area contributed by atoms with Crippen LogP contribution in [0.5, 0.6) is 0 Å². The predicted molar refractivity (Wildman–Crippen MR) is 154 cm³/mol. The molecule has 1 N–H and O–H groups in total. The molecule has 9 nitrogen and oxygen atoms in total. The van der Waals surface area contributed by atoms with Crippen LogP contribution in [0.1, 0.15) is 56.4 Å². The van der Waals surface area contributed by atoms with Gasteiger partial charge in [-0.05, 0) is 72.7 Å². The van der Waals surface area contributed by atoms with E-state index in [4.69, 9.17) is 9.72 Å². The molecule has 5 rings (SSSR count). The Morgan fingerprint density at radius 3 is 2.38 bits per heavy atom. The summed E-state index contributed by atoms with van der Waals surface area (Å²) in [5.74, 6) is -0.907. The third kappa shape index (κ3) is 5.30.